The lowest BCUT2D eigenvalue weighted by Crippen LogP contribution is -2.65. The van der Waals surface area contributed by atoms with E-state index in [1.807, 2.05) is 17.2 Å². The molecule has 4 aromatic rings. The lowest BCUT2D eigenvalue weighted by molar-refractivity contribution is -0.134. The van der Waals surface area contributed by atoms with Crippen LogP contribution < -0.4 is 21.1 Å². The zero-order valence-electron chi connectivity index (χ0n) is 28.8. The molecule has 5 N–H and O–H groups in total. The van der Waals surface area contributed by atoms with Crippen molar-refractivity contribution < 1.29 is 23.5 Å². The molecular weight excluding hydrogens is 658 g/mol. The van der Waals surface area contributed by atoms with E-state index in [0.29, 0.717) is 42.0 Å². The number of nitrogens with one attached hydrogen (secondary N) is 4. The van der Waals surface area contributed by atoms with Crippen molar-refractivity contribution in [3.63, 3.8) is 0 Å². The zero-order valence-corrected chi connectivity index (χ0v) is 28.8. The highest BCUT2D eigenvalue weighted by atomic mass is 19.1. The number of imide groups is 1. The summed E-state index contributed by atoms with van der Waals surface area (Å²) in [4.78, 5) is 41.5. The number of nitrogens with zero attached hydrogens (tertiary/aromatic N) is 4. The number of piperazine rings is 1. The SMILES string of the molecule is CC(C)(O)c1cc2[nH]ncc2c(C2CCC(N3CCNCC3C3CN(c4cc(F)c([C@H]5CCC(=O)NC5=O)c(F)c4)C3)CC2)c1-n1[nH]ccc1=O. The zero-order chi connectivity index (χ0) is 35.6. The Bertz CT molecular complexity index is 2010. The van der Waals surface area contributed by atoms with Gasteiger partial charge in [0.25, 0.3) is 5.56 Å². The Morgan fingerprint density at radius 1 is 0.980 bits per heavy atom. The first-order valence-corrected chi connectivity index (χ1v) is 18.0. The summed E-state index contributed by atoms with van der Waals surface area (Å²) in [5.74, 6) is -3.15. The summed E-state index contributed by atoms with van der Waals surface area (Å²) in [6, 6.07) is 6.67. The van der Waals surface area contributed by atoms with Crippen LogP contribution in [0.15, 0.2) is 41.5 Å². The van der Waals surface area contributed by atoms with Gasteiger partial charge in [0.1, 0.15) is 11.6 Å². The minimum atomic E-state index is -1.21. The molecule has 2 aromatic heterocycles. The Kier molecular flexibility index (Phi) is 8.58. The molecule has 2 amide bonds. The molecule has 0 bridgehead atoms. The van der Waals surface area contributed by atoms with Crippen LogP contribution in [0.4, 0.5) is 14.5 Å². The Hall–Kier alpha value is -4.40. The number of halogens is 2. The number of carbonyl (C=O) groups is 2. The summed E-state index contributed by atoms with van der Waals surface area (Å²) in [5.41, 5.74) is 2.00. The summed E-state index contributed by atoms with van der Waals surface area (Å²) < 4.78 is 32.1. The predicted molar refractivity (Wildman–Crippen MR) is 187 cm³/mol. The summed E-state index contributed by atoms with van der Waals surface area (Å²) >= 11 is 0. The number of benzene rings is 2. The topological polar surface area (TPSA) is 151 Å². The van der Waals surface area contributed by atoms with E-state index in [-0.39, 0.29) is 35.9 Å². The fourth-order valence-electron chi connectivity index (χ4n) is 9.07. The smallest absolute Gasteiger partial charge is 0.271 e. The van der Waals surface area contributed by atoms with Crippen molar-refractivity contribution in [2.24, 2.45) is 5.92 Å². The second kappa shape index (κ2) is 13.0. The minimum absolute atomic E-state index is 0.0534. The molecule has 1 saturated carbocycles. The van der Waals surface area contributed by atoms with Crippen molar-refractivity contribution in [2.45, 2.75) is 81.9 Å². The first kappa shape index (κ1) is 33.7. The first-order chi connectivity index (χ1) is 24.5. The van der Waals surface area contributed by atoms with Crippen LogP contribution in [0, 0.1) is 17.6 Å². The summed E-state index contributed by atoms with van der Waals surface area (Å²) in [6.45, 7) is 7.48. The quantitative estimate of drug-likeness (QED) is 0.184. The average Bonchev–Trinajstić information content (AvgIpc) is 3.72. The van der Waals surface area contributed by atoms with Crippen LogP contribution >= 0.6 is 0 Å². The van der Waals surface area contributed by atoms with Gasteiger partial charge in [-0.2, -0.15) is 5.10 Å². The van der Waals surface area contributed by atoms with E-state index in [0.717, 1.165) is 61.8 Å². The molecule has 270 valence electrons. The highest BCUT2D eigenvalue weighted by Crippen LogP contribution is 2.44. The van der Waals surface area contributed by atoms with Crippen molar-refractivity contribution >= 4 is 28.4 Å². The van der Waals surface area contributed by atoms with Crippen molar-refractivity contribution in [1.82, 2.24) is 35.5 Å². The molecule has 1 unspecified atom stereocenters. The van der Waals surface area contributed by atoms with Gasteiger partial charge in [0, 0.05) is 91.6 Å². The molecule has 2 aromatic carbocycles. The molecule has 1 aliphatic carbocycles. The highest BCUT2D eigenvalue weighted by Gasteiger charge is 2.42. The van der Waals surface area contributed by atoms with Crippen LogP contribution in [0.2, 0.25) is 0 Å². The van der Waals surface area contributed by atoms with Crippen molar-refractivity contribution in [2.75, 3.05) is 37.6 Å². The van der Waals surface area contributed by atoms with Gasteiger partial charge in [-0.15, -0.1) is 0 Å². The number of aromatic nitrogens is 4. The normalized spacial score (nSPS) is 25.3. The molecule has 0 spiro atoms. The number of rotatable bonds is 7. The molecule has 12 nitrogen and oxygen atoms in total. The molecular formula is C37H44F2N8O4. The third-order valence-corrected chi connectivity index (χ3v) is 11.7. The van der Waals surface area contributed by atoms with Gasteiger partial charge in [0.2, 0.25) is 11.8 Å². The van der Waals surface area contributed by atoms with E-state index in [1.54, 1.807) is 20.0 Å². The number of hydrogen-bond acceptors (Lipinski definition) is 8. The summed E-state index contributed by atoms with van der Waals surface area (Å²) in [5, 5.41) is 28.5. The van der Waals surface area contributed by atoms with Crippen LogP contribution in [-0.4, -0.2) is 86.6 Å². The van der Waals surface area contributed by atoms with Gasteiger partial charge in [-0.3, -0.25) is 34.8 Å². The number of carbonyl (C=O) groups excluding carboxylic acids is 2. The monoisotopic (exact) mass is 702 g/mol. The van der Waals surface area contributed by atoms with E-state index in [4.69, 9.17) is 0 Å². The second-order valence-corrected chi connectivity index (χ2v) is 15.2. The van der Waals surface area contributed by atoms with E-state index in [1.165, 1.54) is 22.9 Å². The first-order valence-electron chi connectivity index (χ1n) is 18.0. The molecule has 4 aliphatic rings. The number of anilines is 1. The Morgan fingerprint density at radius 2 is 1.73 bits per heavy atom. The molecule has 5 heterocycles. The molecule has 2 atom stereocenters. The van der Waals surface area contributed by atoms with Crippen LogP contribution in [0.5, 0.6) is 0 Å². The standard InChI is InChI=1S/C37H44F2N8O4/c1-37(2,51)26-15-29-25(16-41-44-29)33(35(26)47-32(49)9-10-42-47)20-3-5-22(6-4-20)46-12-11-40-17-30(46)21-18-45(19-21)23-13-27(38)34(28(39)14-23)24-7-8-31(48)43-36(24)50/h9-10,13-16,20-22,24,30,40,42,51H,3-8,11-12,17-19H2,1-2H3,(H,41,44)(H,43,48,50)/t20?,22?,24-,30?/m1/s1. The van der Waals surface area contributed by atoms with Gasteiger partial charge in [-0.05, 0) is 75.6 Å². The number of piperidine rings is 1. The van der Waals surface area contributed by atoms with Gasteiger partial charge in [0.15, 0.2) is 0 Å². The van der Waals surface area contributed by atoms with Crippen molar-refractivity contribution in [1.29, 1.82) is 0 Å². The Balaban J connectivity index is 0.980. The van der Waals surface area contributed by atoms with Gasteiger partial charge in [-0.1, -0.05) is 0 Å². The Labute approximate surface area is 293 Å². The second-order valence-electron chi connectivity index (χ2n) is 15.2. The summed E-state index contributed by atoms with van der Waals surface area (Å²) in [6.07, 6.45) is 7.34. The Morgan fingerprint density at radius 3 is 2.39 bits per heavy atom. The highest BCUT2D eigenvalue weighted by molar-refractivity contribution is 6.01. The molecule has 51 heavy (non-hydrogen) atoms. The number of amides is 2. The van der Waals surface area contributed by atoms with Gasteiger partial charge < -0.3 is 15.3 Å². The lowest BCUT2D eigenvalue weighted by atomic mass is 9.76. The van der Waals surface area contributed by atoms with E-state index in [2.05, 4.69) is 30.8 Å². The third-order valence-electron chi connectivity index (χ3n) is 11.7. The molecule has 3 saturated heterocycles. The molecule has 8 rings (SSSR count). The van der Waals surface area contributed by atoms with Crippen molar-refractivity contribution in [3.8, 4) is 5.69 Å². The maximum atomic E-state index is 15.3. The number of aromatic amines is 2. The fraction of sp³-hybridized carbons (Fsp3) is 0.514. The largest absolute Gasteiger partial charge is 0.386 e. The predicted octanol–water partition coefficient (Wildman–Crippen LogP) is 3.50. The molecule has 4 fully saturated rings. The molecule has 0 radical (unpaired) electrons. The average molecular weight is 703 g/mol. The number of aliphatic hydroxyl groups is 1. The van der Waals surface area contributed by atoms with Crippen LogP contribution in [-0.2, 0) is 15.2 Å². The fourth-order valence-corrected chi connectivity index (χ4v) is 9.07. The van der Waals surface area contributed by atoms with Crippen LogP contribution in [0.25, 0.3) is 16.6 Å². The number of H-pyrrole nitrogens is 2. The molecule has 14 heteroatoms. The maximum absolute atomic E-state index is 15.3. The van der Waals surface area contributed by atoms with Crippen LogP contribution in [0.1, 0.15) is 80.9 Å². The molecule has 3 aliphatic heterocycles. The number of hydrogen-bond donors (Lipinski definition) is 5. The van der Waals surface area contributed by atoms with E-state index < -0.39 is 35.0 Å². The van der Waals surface area contributed by atoms with Gasteiger partial charge >= 0.3 is 0 Å². The van der Waals surface area contributed by atoms with Crippen molar-refractivity contribution in [3.05, 3.63) is 75.3 Å². The summed E-state index contributed by atoms with van der Waals surface area (Å²) in [7, 11) is 0. The third kappa shape index (κ3) is 6.06. The van der Waals surface area contributed by atoms with Crippen LogP contribution in [0.3, 0.4) is 0 Å². The van der Waals surface area contributed by atoms with Gasteiger partial charge in [-0.25, -0.2) is 13.5 Å². The van der Waals surface area contributed by atoms with Gasteiger partial charge in [0.05, 0.1) is 28.9 Å². The maximum Gasteiger partial charge on any atom is 0.271 e. The van der Waals surface area contributed by atoms with E-state index >= 15 is 8.78 Å². The number of fused-ring (bicyclic) bond motifs is 1. The van der Waals surface area contributed by atoms with E-state index in [9.17, 15) is 19.5 Å². The minimum Gasteiger partial charge on any atom is -0.386 e. The lowest BCUT2D eigenvalue weighted by Gasteiger charge is -2.52.